The molecule has 0 bridgehead atoms. The molecule has 2 aromatic rings. The fourth-order valence-electron chi connectivity index (χ4n) is 2.85. The van der Waals surface area contributed by atoms with Gasteiger partial charge in [-0.05, 0) is 50.1 Å². The summed E-state index contributed by atoms with van der Waals surface area (Å²) in [6, 6.07) is 17.0. The van der Waals surface area contributed by atoms with Crippen LogP contribution in [0.25, 0.3) is 0 Å². The third-order valence-corrected chi connectivity index (χ3v) is 3.95. The Morgan fingerprint density at radius 3 is 2.38 bits per heavy atom. The third kappa shape index (κ3) is 3.61. The summed E-state index contributed by atoms with van der Waals surface area (Å²) in [5.41, 5.74) is 7.94. The maximum absolute atomic E-state index is 13.4. The van der Waals surface area contributed by atoms with Crippen molar-refractivity contribution in [3.8, 4) is 0 Å². The number of anilines is 1. The number of para-hydroxylation sites is 1. The first-order valence-corrected chi connectivity index (χ1v) is 7.36. The van der Waals surface area contributed by atoms with Gasteiger partial charge in [0, 0.05) is 18.8 Å². The SMILES string of the molecule is CCN(c1ccccc1)C(C)(CN)Cc1cccc(F)c1. The highest BCUT2D eigenvalue weighted by Gasteiger charge is 2.30. The fraction of sp³-hybridized carbons (Fsp3) is 0.333. The summed E-state index contributed by atoms with van der Waals surface area (Å²) < 4.78 is 13.4. The Balaban J connectivity index is 2.30. The molecule has 1 unspecified atom stereocenters. The number of nitrogens with zero attached hydrogens (tertiary/aromatic N) is 1. The Kier molecular flexibility index (Phi) is 4.97. The molecule has 0 spiro atoms. The molecule has 0 fully saturated rings. The predicted octanol–water partition coefficient (Wildman–Crippen LogP) is 3.61. The summed E-state index contributed by atoms with van der Waals surface area (Å²) >= 11 is 0. The van der Waals surface area contributed by atoms with Crippen LogP contribution in [-0.2, 0) is 6.42 Å². The topological polar surface area (TPSA) is 29.3 Å². The molecule has 0 aliphatic heterocycles. The molecular weight excluding hydrogens is 263 g/mol. The van der Waals surface area contributed by atoms with E-state index in [1.807, 2.05) is 24.3 Å². The van der Waals surface area contributed by atoms with Gasteiger partial charge in [-0.2, -0.15) is 0 Å². The average Bonchev–Trinajstić information content (AvgIpc) is 2.49. The highest BCUT2D eigenvalue weighted by Crippen LogP contribution is 2.26. The van der Waals surface area contributed by atoms with Gasteiger partial charge < -0.3 is 10.6 Å². The lowest BCUT2D eigenvalue weighted by Gasteiger charge is -2.42. The van der Waals surface area contributed by atoms with E-state index in [4.69, 9.17) is 5.73 Å². The van der Waals surface area contributed by atoms with Gasteiger partial charge in [0.25, 0.3) is 0 Å². The monoisotopic (exact) mass is 286 g/mol. The Bertz CT molecular complexity index is 570. The van der Waals surface area contributed by atoms with Gasteiger partial charge in [0.2, 0.25) is 0 Å². The van der Waals surface area contributed by atoms with E-state index >= 15 is 0 Å². The molecule has 0 aliphatic carbocycles. The summed E-state index contributed by atoms with van der Waals surface area (Å²) in [5, 5.41) is 0. The second-order valence-electron chi connectivity index (χ2n) is 5.59. The van der Waals surface area contributed by atoms with Gasteiger partial charge in [-0.25, -0.2) is 4.39 Å². The maximum atomic E-state index is 13.4. The molecule has 0 aliphatic rings. The zero-order valence-electron chi connectivity index (χ0n) is 12.7. The van der Waals surface area contributed by atoms with Crippen LogP contribution >= 0.6 is 0 Å². The number of likely N-dealkylation sites (N-methyl/N-ethyl adjacent to an activating group) is 1. The molecule has 2 N–H and O–H groups in total. The van der Waals surface area contributed by atoms with Crippen molar-refractivity contribution >= 4 is 5.69 Å². The first-order chi connectivity index (χ1) is 10.1. The molecule has 0 heterocycles. The molecule has 0 amide bonds. The third-order valence-electron chi connectivity index (χ3n) is 3.95. The van der Waals surface area contributed by atoms with Crippen molar-refractivity contribution < 1.29 is 4.39 Å². The number of nitrogens with two attached hydrogens (primary N) is 1. The van der Waals surface area contributed by atoms with Crippen LogP contribution in [0.15, 0.2) is 54.6 Å². The number of hydrogen-bond donors (Lipinski definition) is 1. The molecule has 0 saturated heterocycles. The summed E-state index contributed by atoms with van der Waals surface area (Å²) in [5.74, 6) is -0.199. The predicted molar refractivity (Wildman–Crippen MR) is 87.0 cm³/mol. The van der Waals surface area contributed by atoms with Crippen molar-refractivity contribution in [2.24, 2.45) is 5.73 Å². The number of hydrogen-bond acceptors (Lipinski definition) is 2. The Morgan fingerprint density at radius 2 is 1.81 bits per heavy atom. The van der Waals surface area contributed by atoms with Crippen LogP contribution in [0.4, 0.5) is 10.1 Å². The highest BCUT2D eigenvalue weighted by molar-refractivity contribution is 5.49. The minimum Gasteiger partial charge on any atom is -0.365 e. The molecule has 2 nitrogen and oxygen atoms in total. The van der Waals surface area contributed by atoms with Crippen LogP contribution in [-0.4, -0.2) is 18.6 Å². The Labute approximate surface area is 126 Å². The normalized spacial score (nSPS) is 13.7. The summed E-state index contributed by atoms with van der Waals surface area (Å²) in [6.45, 7) is 5.61. The van der Waals surface area contributed by atoms with E-state index in [0.29, 0.717) is 13.0 Å². The van der Waals surface area contributed by atoms with Crippen LogP contribution in [0, 0.1) is 5.82 Å². The van der Waals surface area contributed by atoms with E-state index in [2.05, 4.69) is 30.9 Å². The van der Waals surface area contributed by atoms with Gasteiger partial charge in [-0.1, -0.05) is 30.3 Å². The quantitative estimate of drug-likeness (QED) is 0.879. The molecule has 0 radical (unpaired) electrons. The van der Waals surface area contributed by atoms with Crippen molar-refractivity contribution in [1.82, 2.24) is 0 Å². The van der Waals surface area contributed by atoms with Crippen molar-refractivity contribution in [2.45, 2.75) is 25.8 Å². The van der Waals surface area contributed by atoms with Gasteiger partial charge in [0.05, 0.1) is 5.54 Å². The van der Waals surface area contributed by atoms with E-state index in [1.54, 1.807) is 12.1 Å². The molecule has 112 valence electrons. The smallest absolute Gasteiger partial charge is 0.123 e. The first-order valence-electron chi connectivity index (χ1n) is 7.36. The lowest BCUT2D eigenvalue weighted by molar-refractivity contribution is 0.431. The zero-order valence-corrected chi connectivity index (χ0v) is 12.7. The minimum absolute atomic E-state index is 0.199. The Hall–Kier alpha value is -1.87. The van der Waals surface area contributed by atoms with Crippen LogP contribution in [0.5, 0.6) is 0 Å². The largest absolute Gasteiger partial charge is 0.365 e. The molecule has 1 atom stereocenters. The van der Waals surface area contributed by atoms with E-state index in [0.717, 1.165) is 17.8 Å². The lowest BCUT2D eigenvalue weighted by atomic mass is 9.90. The van der Waals surface area contributed by atoms with E-state index in [-0.39, 0.29) is 11.4 Å². The van der Waals surface area contributed by atoms with Gasteiger partial charge >= 0.3 is 0 Å². The number of halogens is 1. The van der Waals surface area contributed by atoms with E-state index in [1.165, 1.54) is 6.07 Å². The molecular formula is C18H23FN2. The molecule has 0 aromatic heterocycles. The fourth-order valence-corrected chi connectivity index (χ4v) is 2.85. The molecule has 3 heteroatoms. The molecule has 2 rings (SSSR count). The van der Waals surface area contributed by atoms with Crippen molar-refractivity contribution in [3.05, 3.63) is 66.0 Å². The standard InChI is InChI=1S/C18H23FN2/c1-3-21(17-10-5-4-6-11-17)18(2,14-20)13-15-8-7-9-16(19)12-15/h4-12H,3,13-14,20H2,1-2H3. The van der Waals surface area contributed by atoms with Gasteiger partial charge in [-0.3, -0.25) is 0 Å². The van der Waals surface area contributed by atoms with Crippen LogP contribution in [0.2, 0.25) is 0 Å². The summed E-state index contributed by atoms with van der Waals surface area (Å²) in [4.78, 5) is 2.29. The number of rotatable bonds is 6. The van der Waals surface area contributed by atoms with E-state index in [9.17, 15) is 4.39 Å². The maximum Gasteiger partial charge on any atom is 0.123 e. The van der Waals surface area contributed by atoms with Gasteiger partial charge in [-0.15, -0.1) is 0 Å². The Morgan fingerprint density at radius 1 is 1.10 bits per heavy atom. The molecule has 2 aromatic carbocycles. The van der Waals surface area contributed by atoms with Gasteiger partial charge in [0.1, 0.15) is 5.82 Å². The average molecular weight is 286 g/mol. The van der Waals surface area contributed by atoms with Crippen molar-refractivity contribution in [3.63, 3.8) is 0 Å². The second kappa shape index (κ2) is 6.72. The molecule has 21 heavy (non-hydrogen) atoms. The summed E-state index contributed by atoms with van der Waals surface area (Å²) in [7, 11) is 0. The number of benzene rings is 2. The van der Waals surface area contributed by atoms with E-state index < -0.39 is 0 Å². The summed E-state index contributed by atoms with van der Waals surface area (Å²) in [6.07, 6.45) is 0.712. The minimum atomic E-state index is -0.246. The molecule has 0 saturated carbocycles. The zero-order chi connectivity index (χ0) is 15.3. The van der Waals surface area contributed by atoms with Crippen LogP contribution in [0.3, 0.4) is 0 Å². The first kappa shape index (κ1) is 15.5. The van der Waals surface area contributed by atoms with Crippen LogP contribution in [0.1, 0.15) is 19.4 Å². The second-order valence-corrected chi connectivity index (χ2v) is 5.59. The highest BCUT2D eigenvalue weighted by atomic mass is 19.1. The van der Waals surface area contributed by atoms with Crippen molar-refractivity contribution in [2.75, 3.05) is 18.0 Å². The van der Waals surface area contributed by atoms with Crippen molar-refractivity contribution in [1.29, 1.82) is 0 Å². The lowest BCUT2D eigenvalue weighted by Crippen LogP contribution is -2.53. The van der Waals surface area contributed by atoms with Gasteiger partial charge in [0.15, 0.2) is 0 Å². The van der Waals surface area contributed by atoms with Crippen LogP contribution < -0.4 is 10.6 Å².